The molecule has 1 N–H and O–H groups in total. The summed E-state index contributed by atoms with van der Waals surface area (Å²) in [6, 6.07) is 19.4. The van der Waals surface area contributed by atoms with E-state index in [1.807, 2.05) is 42.5 Å². The lowest BCUT2D eigenvalue weighted by molar-refractivity contribution is -0.115. The lowest BCUT2D eigenvalue weighted by atomic mass is 10.1. The third kappa shape index (κ3) is 6.07. The van der Waals surface area contributed by atoms with Crippen molar-refractivity contribution in [1.29, 1.82) is 0 Å². The van der Waals surface area contributed by atoms with E-state index < -0.39 is 0 Å². The molecule has 0 unspecified atom stereocenters. The zero-order valence-electron chi connectivity index (χ0n) is 17.9. The van der Waals surface area contributed by atoms with Crippen LogP contribution in [0.3, 0.4) is 0 Å². The summed E-state index contributed by atoms with van der Waals surface area (Å²) in [4.78, 5) is 17.5. The number of hydrogen-bond acceptors (Lipinski definition) is 5. The Hall–Kier alpha value is -2.55. The van der Waals surface area contributed by atoms with Crippen LogP contribution in [0.2, 0.25) is 0 Å². The number of rotatable bonds is 6. The van der Waals surface area contributed by atoms with Gasteiger partial charge in [0.2, 0.25) is 0 Å². The van der Waals surface area contributed by atoms with Gasteiger partial charge in [-0.15, -0.1) is 0 Å². The molecular formula is C25H20Br2N2O3S. The Morgan fingerprint density at radius 3 is 2.33 bits per heavy atom. The van der Waals surface area contributed by atoms with Crippen LogP contribution < -0.4 is 14.8 Å². The molecule has 1 saturated heterocycles. The van der Waals surface area contributed by atoms with Crippen molar-refractivity contribution in [2.45, 2.75) is 13.5 Å². The van der Waals surface area contributed by atoms with Gasteiger partial charge < -0.3 is 14.8 Å². The molecule has 0 aliphatic carbocycles. The van der Waals surface area contributed by atoms with Crippen molar-refractivity contribution < 1.29 is 14.3 Å². The Morgan fingerprint density at radius 2 is 1.70 bits per heavy atom. The Labute approximate surface area is 213 Å². The summed E-state index contributed by atoms with van der Waals surface area (Å²) in [5.74, 6) is 1.28. The highest BCUT2D eigenvalue weighted by Gasteiger charge is 2.24. The number of halogens is 2. The molecule has 0 bridgehead atoms. The van der Waals surface area contributed by atoms with E-state index in [-0.39, 0.29) is 5.91 Å². The number of carbonyl (C=O) groups is 1. The predicted octanol–water partition coefficient (Wildman–Crippen LogP) is 7.00. The molecule has 1 heterocycles. The van der Waals surface area contributed by atoms with Crippen LogP contribution in [-0.4, -0.2) is 18.2 Å². The van der Waals surface area contributed by atoms with Gasteiger partial charge in [-0.1, -0.05) is 29.8 Å². The van der Waals surface area contributed by atoms with Crippen LogP contribution in [0.4, 0.5) is 5.69 Å². The number of benzene rings is 3. The van der Waals surface area contributed by atoms with E-state index in [1.165, 1.54) is 17.3 Å². The maximum Gasteiger partial charge on any atom is 0.264 e. The molecule has 1 aliphatic rings. The van der Waals surface area contributed by atoms with E-state index in [0.29, 0.717) is 22.4 Å². The second kappa shape index (κ2) is 10.6. The summed E-state index contributed by atoms with van der Waals surface area (Å²) < 4.78 is 12.8. The van der Waals surface area contributed by atoms with Gasteiger partial charge in [0.1, 0.15) is 18.1 Å². The Kier molecular flexibility index (Phi) is 7.57. The van der Waals surface area contributed by atoms with Crippen LogP contribution in [0.5, 0.6) is 11.5 Å². The Balaban J connectivity index is 1.48. The quantitative estimate of drug-likeness (QED) is 0.315. The molecule has 0 radical (unpaired) electrons. The molecule has 0 spiro atoms. The fourth-order valence-corrected chi connectivity index (χ4v) is 5.34. The van der Waals surface area contributed by atoms with Crippen LogP contribution in [0.15, 0.2) is 79.5 Å². The van der Waals surface area contributed by atoms with Gasteiger partial charge >= 0.3 is 0 Å². The zero-order valence-corrected chi connectivity index (χ0v) is 21.9. The fourth-order valence-electron chi connectivity index (χ4n) is 3.05. The first kappa shape index (κ1) is 23.6. The van der Waals surface area contributed by atoms with Gasteiger partial charge in [-0.2, -0.15) is 0 Å². The first-order chi connectivity index (χ1) is 15.9. The molecular weight excluding hydrogens is 568 g/mol. The summed E-state index contributed by atoms with van der Waals surface area (Å²) in [6.07, 6.45) is 1.83. The van der Waals surface area contributed by atoms with Gasteiger partial charge in [0.25, 0.3) is 5.91 Å². The number of thioether (sulfide) groups is 1. The van der Waals surface area contributed by atoms with Crippen molar-refractivity contribution in [1.82, 2.24) is 5.32 Å². The molecule has 1 fully saturated rings. The molecule has 3 aromatic carbocycles. The smallest absolute Gasteiger partial charge is 0.264 e. The average Bonchev–Trinajstić information content (AvgIpc) is 3.13. The first-order valence-corrected chi connectivity index (χ1v) is 12.4. The van der Waals surface area contributed by atoms with E-state index in [0.717, 1.165) is 31.5 Å². The maximum atomic E-state index is 12.5. The highest BCUT2D eigenvalue weighted by molar-refractivity contribution is 9.11. The molecule has 168 valence electrons. The van der Waals surface area contributed by atoms with Crippen molar-refractivity contribution in [3.05, 3.63) is 91.2 Å². The van der Waals surface area contributed by atoms with Crippen molar-refractivity contribution in [2.24, 2.45) is 4.99 Å². The van der Waals surface area contributed by atoms with Crippen molar-refractivity contribution >= 4 is 66.5 Å². The highest BCUT2D eigenvalue weighted by Crippen LogP contribution is 2.37. The van der Waals surface area contributed by atoms with Crippen LogP contribution >= 0.6 is 43.6 Å². The monoisotopic (exact) mass is 586 g/mol. The molecule has 0 aromatic heterocycles. The molecule has 5 nitrogen and oxygen atoms in total. The van der Waals surface area contributed by atoms with Gasteiger partial charge in [0, 0.05) is 0 Å². The summed E-state index contributed by atoms with van der Waals surface area (Å²) in [7, 11) is 1.62. The summed E-state index contributed by atoms with van der Waals surface area (Å²) in [6.45, 7) is 2.52. The number of amides is 1. The molecule has 0 saturated carbocycles. The summed E-state index contributed by atoms with van der Waals surface area (Å²) >= 11 is 8.48. The maximum absolute atomic E-state index is 12.5. The topological polar surface area (TPSA) is 59.9 Å². The fraction of sp³-hybridized carbons (Fsp3) is 0.120. The van der Waals surface area contributed by atoms with Crippen LogP contribution in [0, 0.1) is 6.92 Å². The number of ether oxygens (including phenoxy) is 2. The number of aliphatic imine (C=N–C) groups is 1. The van der Waals surface area contributed by atoms with Gasteiger partial charge in [0.05, 0.1) is 26.6 Å². The number of nitrogens with zero attached hydrogens (tertiary/aromatic N) is 1. The predicted molar refractivity (Wildman–Crippen MR) is 141 cm³/mol. The molecule has 4 rings (SSSR count). The standard InChI is InChI=1S/C25H20Br2N2O3S/c1-15-3-5-16(6-4-15)14-32-23-20(26)11-17(12-21(23)27)13-22-24(30)29-25(33-22)28-18-7-9-19(31-2)10-8-18/h3-13H,14H2,1-2H3,(H,28,29,30)/b22-13+. The second-order valence-corrected chi connectivity index (χ2v) is 10.0. The lowest BCUT2D eigenvalue weighted by Crippen LogP contribution is -2.19. The number of nitrogens with one attached hydrogen (secondary N) is 1. The van der Waals surface area contributed by atoms with Crippen LogP contribution in [0.1, 0.15) is 16.7 Å². The van der Waals surface area contributed by atoms with Crippen molar-refractivity contribution in [3.63, 3.8) is 0 Å². The Bertz CT molecular complexity index is 1220. The largest absolute Gasteiger partial charge is 0.497 e. The third-order valence-electron chi connectivity index (χ3n) is 4.78. The number of aryl methyl sites for hydroxylation is 1. The molecule has 1 amide bonds. The normalized spacial score (nSPS) is 15.7. The van der Waals surface area contributed by atoms with E-state index >= 15 is 0 Å². The highest BCUT2D eigenvalue weighted by atomic mass is 79.9. The van der Waals surface area contributed by atoms with Crippen molar-refractivity contribution in [2.75, 3.05) is 7.11 Å². The molecule has 0 atom stereocenters. The number of carbonyl (C=O) groups excluding carboxylic acids is 1. The number of amidine groups is 1. The lowest BCUT2D eigenvalue weighted by Gasteiger charge is -2.12. The molecule has 1 aliphatic heterocycles. The van der Waals surface area contributed by atoms with Crippen LogP contribution in [0.25, 0.3) is 6.08 Å². The summed E-state index contributed by atoms with van der Waals surface area (Å²) in [5.41, 5.74) is 3.90. The van der Waals surface area contributed by atoms with E-state index in [2.05, 4.69) is 73.4 Å². The van der Waals surface area contributed by atoms with E-state index in [9.17, 15) is 4.79 Å². The minimum Gasteiger partial charge on any atom is -0.497 e. The SMILES string of the molecule is COc1ccc(N=C2NC(=O)/C(=C\c3cc(Br)c(OCc4ccc(C)cc4)c(Br)c3)S2)cc1. The van der Waals surface area contributed by atoms with Gasteiger partial charge in [-0.05, 0) is 104 Å². The zero-order chi connectivity index (χ0) is 23.4. The average molecular weight is 588 g/mol. The Morgan fingerprint density at radius 1 is 1.03 bits per heavy atom. The molecule has 8 heteroatoms. The molecule has 33 heavy (non-hydrogen) atoms. The minimum absolute atomic E-state index is 0.181. The number of methoxy groups -OCH3 is 1. The summed E-state index contributed by atoms with van der Waals surface area (Å²) in [5, 5.41) is 3.35. The van der Waals surface area contributed by atoms with E-state index in [1.54, 1.807) is 7.11 Å². The minimum atomic E-state index is -0.181. The number of hydrogen-bond donors (Lipinski definition) is 1. The van der Waals surface area contributed by atoms with Gasteiger partial charge in [-0.25, -0.2) is 4.99 Å². The second-order valence-electron chi connectivity index (χ2n) is 7.27. The van der Waals surface area contributed by atoms with Crippen LogP contribution in [-0.2, 0) is 11.4 Å². The van der Waals surface area contributed by atoms with E-state index in [4.69, 9.17) is 9.47 Å². The third-order valence-corrected chi connectivity index (χ3v) is 6.86. The first-order valence-electron chi connectivity index (χ1n) is 10.0. The van der Waals surface area contributed by atoms with Gasteiger partial charge in [0.15, 0.2) is 5.17 Å². The van der Waals surface area contributed by atoms with Crippen molar-refractivity contribution in [3.8, 4) is 11.5 Å². The van der Waals surface area contributed by atoms with Gasteiger partial charge in [-0.3, -0.25) is 4.79 Å². The molecule has 3 aromatic rings.